The second kappa shape index (κ2) is 7.79. The van der Waals surface area contributed by atoms with E-state index in [9.17, 15) is 14.9 Å². The van der Waals surface area contributed by atoms with Gasteiger partial charge >= 0.3 is 5.69 Å². The van der Waals surface area contributed by atoms with Gasteiger partial charge in [0.1, 0.15) is 5.75 Å². The minimum absolute atomic E-state index is 0.0516. The van der Waals surface area contributed by atoms with Crippen molar-refractivity contribution in [2.75, 3.05) is 18.5 Å². The van der Waals surface area contributed by atoms with E-state index < -0.39 is 10.8 Å². The lowest BCUT2D eigenvalue weighted by Gasteiger charge is -2.09. The van der Waals surface area contributed by atoms with Gasteiger partial charge in [0.25, 0.3) is 5.91 Å². The van der Waals surface area contributed by atoms with Gasteiger partial charge < -0.3 is 14.8 Å². The molecule has 0 saturated carbocycles. The van der Waals surface area contributed by atoms with Crippen LogP contribution in [0, 0.1) is 10.1 Å². The number of carbonyl (C=O) groups is 1. The van der Waals surface area contributed by atoms with Crippen LogP contribution in [-0.4, -0.2) is 24.0 Å². The number of benzene rings is 2. The second-order valence-electron chi connectivity index (χ2n) is 4.52. The van der Waals surface area contributed by atoms with Gasteiger partial charge in [-0.1, -0.05) is 18.2 Å². The quantitative estimate of drug-likeness (QED) is 0.626. The van der Waals surface area contributed by atoms with Gasteiger partial charge in [-0.05, 0) is 25.1 Å². The Morgan fingerprint density at radius 2 is 1.96 bits per heavy atom. The number of nitrogens with one attached hydrogen (secondary N) is 1. The normalized spacial score (nSPS) is 9.96. The fourth-order valence-corrected chi connectivity index (χ4v) is 1.90. The second-order valence-corrected chi connectivity index (χ2v) is 4.52. The van der Waals surface area contributed by atoms with Crippen LogP contribution in [0.4, 0.5) is 11.4 Å². The van der Waals surface area contributed by atoms with Crippen LogP contribution in [-0.2, 0) is 4.79 Å². The van der Waals surface area contributed by atoms with E-state index in [1.54, 1.807) is 30.3 Å². The first-order valence-electron chi connectivity index (χ1n) is 6.99. The van der Waals surface area contributed by atoms with Crippen LogP contribution in [0.25, 0.3) is 0 Å². The molecule has 1 amide bonds. The molecule has 0 aliphatic heterocycles. The third kappa shape index (κ3) is 4.70. The lowest BCUT2D eigenvalue weighted by atomic mass is 10.3. The summed E-state index contributed by atoms with van der Waals surface area (Å²) in [5, 5.41) is 13.5. The number of amides is 1. The van der Waals surface area contributed by atoms with Gasteiger partial charge in [0, 0.05) is 17.8 Å². The molecular formula is C16H16N2O5. The Hall–Kier alpha value is -3.09. The number of hydrogen-bond donors (Lipinski definition) is 1. The van der Waals surface area contributed by atoms with Gasteiger partial charge in [-0.2, -0.15) is 0 Å². The molecule has 0 bridgehead atoms. The molecule has 2 aromatic carbocycles. The van der Waals surface area contributed by atoms with Crippen molar-refractivity contribution in [2.45, 2.75) is 6.92 Å². The zero-order valence-electron chi connectivity index (χ0n) is 12.5. The third-order valence-electron chi connectivity index (χ3n) is 2.85. The maximum atomic E-state index is 11.9. The summed E-state index contributed by atoms with van der Waals surface area (Å²) in [6.45, 7) is 2.06. The number of hydrogen-bond acceptors (Lipinski definition) is 5. The minimum atomic E-state index is -0.557. The molecule has 0 fully saturated rings. The maximum absolute atomic E-state index is 11.9. The van der Waals surface area contributed by atoms with Gasteiger partial charge in [0.05, 0.1) is 11.5 Å². The highest BCUT2D eigenvalue weighted by molar-refractivity contribution is 5.92. The van der Waals surface area contributed by atoms with Crippen molar-refractivity contribution in [3.8, 4) is 11.5 Å². The highest BCUT2D eigenvalue weighted by Gasteiger charge is 2.15. The van der Waals surface area contributed by atoms with E-state index in [1.165, 1.54) is 18.2 Å². The Kier molecular flexibility index (Phi) is 5.51. The summed E-state index contributed by atoms with van der Waals surface area (Å²) in [6.07, 6.45) is 0. The molecule has 2 aromatic rings. The molecule has 0 spiro atoms. The third-order valence-corrected chi connectivity index (χ3v) is 2.85. The van der Waals surface area contributed by atoms with Crippen LogP contribution in [0.2, 0.25) is 0 Å². The van der Waals surface area contributed by atoms with Gasteiger partial charge in [-0.25, -0.2) is 0 Å². The molecule has 1 N–H and O–H groups in total. The molecule has 0 heterocycles. The van der Waals surface area contributed by atoms with E-state index in [0.29, 0.717) is 18.0 Å². The van der Waals surface area contributed by atoms with Gasteiger partial charge in [-0.3, -0.25) is 14.9 Å². The number of nitro benzene ring substituents is 1. The lowest BCUT2D eigenvalue weighted by molar-refractivity contribution is -0.385. The average Bonchev–Trinajstić information content (AvgIpc) is 2.54. The Bertz CT molecular complexity index is 702. The first kappa shape index (κ1) is 16.3. The standard InChI is InChI=1S/C16H16N2O5/c1-2-22-13-7-5-6-12(10-13)17-16(19)11-23-15-9-4-3-8-14(15)18(20)21/h3-10H,2,11H2,1H3,(H,17,19). The van der Waals surface area contributed by atoms with Crippen molar-refractivity contribution < 1.29 is 19.2 Å². The van der Waals surface area contributed by atoms with E-state index in [1.807, 2.05) is 6.92 Å². The van der Waals surface area contributed by atoms with E-state index in [-0.39, 0.29) is 18.0 Å². The zero-order valence-corrected chi connectivity index (χ0v) is 12.5. The predicted octanol–water partition coefficient (Wildman–Crippen LogP) is 3.01. The van der Waals surface area contributed by atoms with E-state index in [4.69, 9.17) is 9.47 Å². The summed E-state index contributed by atoms with van der Waals surface area (Å²) in [5.74, 6) is 0.275. The molecule has 23 heavy (non-hydrogen) atoms. The highest BCUT2D eigenvalue weighted by Crippen LogP contribution is 2.25. The van der Waals surface area contributed by atoms with Crippen molar-refractivity contribution in [3.63, 3.8) is 0 Å². The molecule has 2 rings (SSSR count). The van der Waals surface area contributed by atoms with E-state index in [0.717, 1.165) is 0 Å². The molecule has 0 aromatic heterocycles. The SMILES string of the molecule is CCOc1cccc(NC(=O)COc2ccccc2[N+](=O)[O-])c1. The number of carbonyl (C=O) groups excluding carboxylic acids is 1. The summed E-state index contributed by atoms with van der Waals surface area (Å²) in [6, 6.07) is 12.8. The monoisotopic (exact) mass is 316 g/mol. The van der Waals surface area contributed by atoms with Crippen LogP contribution in [0.5, 0.6) is 11.5 Å². The van der Waals surface area contributed by atoms with Crippen LogP contribution in [0.15, 0.2) is 48.5 Å². The Morgan fingerprint density at radius 1 is 1.17 bits per heavy atom. The van der Waals surface area contributed by atoms with Gasteiger partial charge in [-0.15, -0.1) is 0 Å². The molecule has 120 valence electrons. The number of nitro groups is 1. The van der Waals surface area contributed by atoms with Gasteiger partial charge in [0.2, 0.25) is 0 Å². The topological polar surface area (TPSA) is 90.7 Å². The molecule has 0 saturated heterocycles. The highest BCUT2D eigenvalue weighted by atomic mass is 16.6. The molecule has 0 atom stereocenters. The lowest BCUT2D eigenvalue weighted by Crippen LogP contribution is -2.20. The largest absolute Gasteiger partial charge is 0.494 e. The first-order valence-corrected chi connectivity index (χ1v) is 6.99. The van der Waals surface area contributed by atoms with Crippen LogP contribution < -0.4 is 14.8 Å². The molecular weight excluding hydrogens is 300 g/mol. The van der Waals surface area contributed by atoms with Crippen molar-refractivity contribution in [3.05, 3.63) is 58.6 Å². The molecule has 0 radical (unpaired) electrons. The average molecular weight is 316 g/mol. The Labute approximate surface area is 133 Å². The fourth-order valence-electron chi connectivity index (χ4n) is 1.90. The van der Waals surface area contributed by atoms with Gasteiger partial charge in [0.15, 0.2) is 12.4 Å². The van der Waals surface area contributed by atoms with E-state index >= 15 is 0 Å². The van der Waals surface area contributed by atoms with Crippen LogP contribution >= 0.6 is 0 Å². The number of para-hydroxylation sites is 2. The maximum Gasteiger partial charge on any atom is 0.310 e. The predicted molar refractivity (Wildman–Crippen MR) is 84.8 cm³/mol. The number of rotatable bonds is 7. The fraction of sp³-hybridized carbons (Fsp3) is 0.188. The molecule has 7 nitrogen and oxygen atoms in total. The Balaban J connectivity index is 1.95. The smallest absolute Gasteiger partial charge is 0.310 e. The van der Waals surface area contributed by atoms with Crippen molar-refractivity contribution in [1.29, 1.82) is 0 Å². The summed E-state index contributed by atoms with van der Waals surface area (Å²) >= 11 is 0. The van der Waals surface area contributed by atoms with Crippen molar-refractivity contribution >= 4 is 17.3 Å². The molecule has 0 aliphatic rings. The van der Waals surface area contributed by atoms with Crippen molar-refractivity contribution in [1.82, 2.24) is 0 Å². The summed E-state index contributed by atoms with van der Waals surface area (Å²) < 4.78 is 10.6. The molecule has 0 unspecified atom stereocenters. The first-order chi connectivity index (χ1) is 11.1. The Morgan fingerprint density at radius 3 is 2.70 bits per heavy atom. The summed E-state index contributed by atoms with van der Waals surface area (Å²) in [7, 11) is 0. The van der Waals surface area contributed by atoms with Crippen LogP contribution in [0.1, 0.15) is 6.92 Å². The summed E-state index contributed by atoms with van der Waals surface area (Å²) in [4.78, 5) is 22.2. The summed E-state index contributed by atoms with van der Waals surface area (Å²) in [5.41, 5.74) is 0.380. The molecule has 7 heteroatoms. The van der Waals surface area contributed by atoms with E-state index in [2.05, 4.69) is 5.32 Å². The minimum Gasteiger partial charge on any atom is -0.494 e. The number of ether oxygens (including phenoxy) is 2. The number of nitrogens with zero attached hydrogens (tertiary/aromatic N) is 1. The number of anilines is 1. The zero-order chi connectivity index (χ0) is 16.7. The molecule has 0 aliphatic carbocycles. The van der Waals surface area contributed by atoms with Crippen molar-refractivity contribution in [2.24, 2.45) is 0 Å². The van der Waals surface area contributed by atoms with Crippen LogP contribution in [0.3, 0.4) is 0 Å².